The van der Waals surface area contributed by atoms with Gasteiger partial charge in [-0.1, -0.05) is 30.3 Å². The number of alkyl halides is 2. The van der Waals surface area contributed by atoms with Crippen molar-refractivity contribution in [3.8, 4) is 0 Å². The maximum Gasteiger partial charge on any atom is 0.333 e. The highest BCUT2D eigenvalue weighted by Gasteiger charge is 2.44. The maximum absolute atomic E-state index is 14.2. The number of fused-ring (bicyclic) bond motifs is 1. The minimum Gasteiger partial charge on any atom is -0.468 e. The summed E-state index contributed by atoms with van der Waals surface area (Å²) in [6.45, 7) is -1.11. The van der Waals surface area contributed by atoms with Gasteiger partial charge in [-0.15, -0.1) is 0 Å². The molecule has 0 fully saturated rings. The third-order valence-electron chi connectivity index (χ3n) is 5.66. The second-order valence-electron chi connectivity index (χ2n) is 7.19. The zero-order valence-corrected chi connectivity index (χ0v) is 16.0. The van der Waals surface area contributed by atoms with Crippen molar-refractivity contribution in [3.05, 3.63) is 71.2 Å². The van der Waals surface area contributed by atoms with Gasteiger partial charge < -0.3 is 4.74 Å². The second-order valence-corrected chi connectivity index (χ2v) is 7.19. The summed E-state index contributed by atoms with van der Waals surface area (Å²) in [7, 11) is 1.30. The summed E-state index contributed by atoms with van der Waals surface area (Å²) in [6.07, 6.45) is 4.11. The molecule has 1 aromatic heterocycles. The molecule has 4 rings (SSSR count). The molecule has 0 saturated carbocycles. The predicted molar refractivity (Wildman–Crippen MR) is 103 cm³/mol. The minimum absolute atomic E-state index is 0.316. The molecule has 1 atom stereocenters. The molecule has 0 bridgehead atoms. The molecule has 7 heteroatoms. The van der Waals surface area contributed by atoms with E-state index in [2.05, 4.69) is 5.10 Å². The molecule has 0 N–H and O–H groups in total. The number of halogens is 3. The Morgan fingerprint density at radius 2 is 2.07 bits per heavy atom. The minimum atomic E-state index is -2.75. The van der Waals surface area contributed by atoms with Crippen molar-refractivity contribution in [3.63, 3.8) is 0 Å². The number of carbonyl (C=O) groups is 1. The van der Waals surface area contributed by atoms with Crippen LogP contribution in [0.25, 0.3) is 16.5 Å². The van der Waals surface area contributed by atoms with Crippen LogP contribution in [0.3, 0.4) is 0 Å². The lowest BCUT2D eigenvalue weighted by Crippen LogP contribution is -2.34. The summed E-state index contributed by atoms with van der Waals surface area (Å²) >= 11 is 0. The van der Waals surface area contributed by atoms with Gasteiger partial charge in [-0.3, -0.25) is 4.79 Å². The van der Waals surface area contributed by atoms with Gasteiger partial charge in [0.1, 0.15) is 11.2 Å². The third kappa shape index (κ3) is 3.01. The Kier molecular flexibility index (Phi) is 4.68. The van der Waals surface area contributed by atoms with E-state index >= 15 is 0 Å². The number of nitrogens with zero attached hydrogens (tertiary/aromatic N) is 2. The van der Waals surface area contributed by atoms with E-state index in [0.717, 1.165) is 11.1 Å². The molecular formula is C22H19F3N2O2. The zero-order chi connectivity index (χ0) is 20.8. The molecule has 3 aromatic rings. The van der Waals surface area contributed by atoms with Crippen LogP contribution < -0.4 is 0 Å². The smallest absolute Gasteiger partial charge is 0.333 e. The molecule has 1 heterocycles. The van der Waals surface area contributed by atoms with Gasteiger partial charge >= 0.3 is 12.5 Å². The molecule has 150 valence electrons. The standard InChI is InChI=1S/C22H19F3N2O2/c1-13-17(4-3-5-18(13)23)22(20(28)29-2)9-8-15(11-22)14-6-7-16-12-26-27(21(24)25)19(16)10-14/h3-7,10-12,21H,8-9H2,1-2H3. The van der Waals surface area contributed by atoms with E-state index in [-0.39, 0.29) is 0 Å². The van der Waals surface area contributed by atoms with Gasteiger partial charge in [-0.25, -0.2) is 9.07 Å². The van der Waals surface area contributed by atoms with Crippen LogP contribution in [-0.2, 0) is 14.9 Å². The van der Waals surface area contributed by atoms with Crippen LogP contribution in [0.15, 0.2) is 48.7 Å². The first-order valence-corrected chi connectivity index (χ1v) is 9.19. The average Bonchev–Trinajstić information content (AvgIpc) is 3.34. The summed E-state index contributed by atoms with van der Waals surface area (Å²) in [5.74, 6) is -0.866. The predicted octanol–water partition coefficient (Wildman–Crippen LogP) is 5.17. The number of ether oxygens (including phenoxy) is 1. The fraction of sp³-hybridized carbons (Fsp3) is 0.273. The van der Waals surface area contributed by atoms with Crippen LogP contribution in [0, 0.1) is 12.7 Å². The molecule has 4 nitrogen and oxygen atoms in total. The van der Waals surface area contributed by atoms with Crippen molar-refractivity contribution in [1.82, 2.24) is 9.78 Å². The molecule has 0 amide bonds. The van der Waals surface area contributed by atoms with E-state index in [0.29, 0.717) is 39.6 Å². The van der Waals surface area contributed by atoms with Crippen molar-refractivity contribution >= 4 is 22.4 Å². The van der Waals surface area contributed by atoms with E-state index < -0.39 is 23.8 Å². The number of aromatic nitrogens is 2. The average molecular weight is 400 g/mol. The molecule has 0 saturated heterocycles. The number of hydrogen-bond donors (Lipinski definition) is 0. The van der Waals surface area contributed by atoms with E-state index in [4.69, 9.17) is 4.74 Å². The Labute approximate surface area is 165 Å². The van der Waals surface area contributed by atoms with E-state index in [1.807, 2.05) is 6.07 Å². The lowest BCUT2D eigenvalue weighted by atomic mass is 9.77. The van der Waals surface area contributed by atoms with Crippen molar-refractivity contribution in [2.45, 2.75) is 31.7 Å². The lowest BCUT2D eigenvalue weighted by Gasteiger charge is -2.26. The SMILES string of the molecule is COC(=O)C1(c2cccc(F)c2C)C=C(c2ccc3cnn(C(F)F)c3c2)CC1. The molecular weight excluding hydrogens is 381 g/mol. The number of methoxy groups -OCH3 is 1. The van der Waals surface area contributed by atoms with Gasteiger partial charge in [0.2, 0.25) is 0 Å². The Balaban J connectivity index is 1.85. The Morgan fingerprint density at radius 1 is 1.28 bits per heavy atom. The molecule has 0 radical (unpaired) electrons. The maximum atomic E-state index is 14.2. The van der Waals surface area contributed by atoms with Gasteiger partial charge in [-0.2, -0.15) is 13.9 Å². The van der Waals surface area contributed by atoms with Gasteiger partial charge in [0.05, 0.1) is 18.8 Å². The first-order valence-electron chi connectivity index (χ1n) is 9.19. The van der Waals surface area contributed by atoms with Gasteiger partial charge in [-0.05, 0) is 54.2 Å². The summed E-state index contributed by atoms with van der Waals surface area (Å²) in [5, 5.41) is 4.34. The summed E-state index contributed by atoms with van der Waals surface area (Å²) in [5.41, 5.74) is 1.69. The van der Waals surface area contributed by atoms with Crippen LogP contribution in [-0.4, -0.2) is 22.9 Å². The number of allylic oxidation sites excluding steroid dienone is 1. The Bertz CT molecular complexity index is 1140. The van der Waals surface area contributed by atoms with E-state index in [1.165, 1.54) is 19.4 Å². The highest BCUT2D eigenvalue weighted by Crippen LogP contribution is 2.45. The van der Waals surface area contributed by atoms with Gasteiger partial charge in [0, 0.05) is 5.39 Å². The van der Waals surface area contributed by atoms with Crippen LogP contribution in [0.2, 0.25) is 0 Å². The number of esters is 1. The van der Waals surface area contributed by atoms with Gasteiger partial charge in [0.15, 0.2) is 0 Å². The lowest BCUT2D eigenvalue weighted by molar-refractivity contribution is -0.145. The first kappa shape index (κ1) is 19.2. The summed E-state index contributed by atoms with van der Waals surface area (Å²) in [6, 6.07) is 9.83. The Hall–Kier alpha value is -3.09. The second kappa shape index (κ2) is 7.06. The summed E-state index contributed by atoms with van der Waals surface area (Å²) < 4.78 is 46.3. The van der Waals surface area contributed by atoms with Crippen molar-refractivity contribution in [2.24, 2.45) is 0 Å². The number of hydrogen-bond acceptors (Lipinski definition) is 3. The Morgan fingerprint density at radius 3 is 2.79 bits per heavy atom. The van der Waals surface area contributed by atoms with Crippen LogP contribution in [0.4, 0.5) is 13.2 Å². The van der Waals surface area contributed by atoms with Crippen molar-refractivity contribution < 1.29 is 22.7 Å². The molecule has 0 aliphatic heterocycles. The first-order chi connectivity index (χ1) is 13.9. The quantitative estimate of drug-likeness (QED) is 0.568. The molecule has 1 unspecified atom stereocenters. The fourth-order valence-electron chi connectivity index (χ4n) is 4.15. The molecule has 29 heavy (non-hydrogen) atoms. The van der Waals surface area contributed by atoms with E-state index in [1.54, 1.807) is 37.3 Å². The monoisotopic (exact) mass is 400 g/mol. The van der Waals surface area contributed by atoms with Crippen molar-refractivity contribution in [1.29, 1.82) is 0 Å². The highest BCUT2D eigenvalue weighted by molar-refractivity contribution is 5.92. The van der Waals surface area contributed by atoms with Crippen LogP contribution in [0.5, 0.6) is 0 Å². The number of carbonyl (C=O) groups excluding carboxylic acids is 1. The largest absolute Gasteiger partial charge is 0.468 e. The topological polar surface area (TPSA) is 44.1 Å². The normalized spacial score (nSPS) is 19.0. The van der Waals surface area contributed by atoms with Crippen LogP contribution in [0.1, 0.15) is 36.1 Å². The number of rotatable bonds is 4. The zero-order valence-electron chi connectivity index (χ0n) is 16.0. The van der Waals surface area contributed by atoms with Crippen molar-refractivity contribution in [2.75, 3.05) is 7.11 Å². The number of benzene rings is 2. The van der Waals surface area contributed by atoms with Gasteiger partial charge in [0.25, 0.3) is 0 Å². The third-order valence-corrected chi connectivity index (χ3v) is 5.66. The molecule has 1 aliphatic rings. The highest BCUT2D eigenvalue weighted by atomic mass is 19.3. The van der Waals surface area contributed by atoms with Crippen LogP contribution >= 0.6 is 0 Å². The summed E-state index contributed by atoms with van der Waals surface area (Å²) in [4.78, 5) is 12.8. The molecule has 1 aliphatic carbocycles. The fourth-order valence-corrected chi connectivity index (χ4v) is 4.15. The molecule has 0 spiro atoms. The molecule has 2 aromatic carbocycles. The van der Waals surface area contributed by atoms with E-state index in [9.17, 15) is 18.0 Å².